The highest BCUT2D eigenvalue weighted by Crippen LogP contribution is 2.26. The topological polar surface area (TPSA) is 87.7 Å². The van der Waals surface area contributed by atoms with Crippen LogP contribution in [0.5, 0.6) is 5.75 Å². The Morgan fingerprint density at radius 2 is 1.71 bits per heavy atom. The second-order valence-corrected chi connectivity index (χ2v) is 10.8. The summed E-state index contributed by atoms with van der Waals surface area (Å²) < 4.78 is 32.9. The molecule has 8 nitrogen and oxygen atoms in total. The largest absolute Gasteiger partial charge is 0.497 e. The van der Waals surface area contributed by atoms with E-state index in [9.17, 15) is 8.42 Å². The molecule has 1 fully saturated rings. The number of nitrogens with zero attached hydrogens (tertiary/aromatic N) is 4. The van der Waals surface area contributed by atoms with Gasteiger partial charge in [-0.1, -0.05) is 0 Å². The van der Waals surface area contributed by atoms with Crippen LogP contribution < -0.4 is 15.0 Å². The minimum Gasteiger partial charge on any atom is -0.497 e. The lowest BCUT2D eigenvalue weighted by Crippen LogP contribution is -2.49. The van der Waals surface area contributed by atoms with Crippen molar-refractivity contribution >= 4 is 38.8 Å². The number of anilines is 3. The van der Waals surface area contributed by atoms with Crippen LogP contribution >= 0.6 is 11.3 Å². The number of rotatable bonds is 6. The number of piperazine rings is 1. The van der Waals surface area contributed by atoms with Crippen LogP contribution in [0.1, 0.15) is 10.6 Å². The Kier molecular flexibility index (Phi) is 6.12. The third-order valence-corrected chi connectivity index (χ3v) is 8.40. The van der Waals surface area contributed by atoms with Gasteiger partial charge in [-0.3, -0.25) is 0 Å². The van der Waals surface area contributed by atoms with Crippen molar-refractivity contribution in [3.8, 4) is 5.75 Å². The third kappa shape index (κ3) is 4.81. The van der Waals surface area contributed by atoms with Crippen molar-refractivity contribution < 1.29 is 13.2 Å². The van der Waals surface area contributed by atoms with Gasteiger partial charge in [0, 0.05) is 48.5 Å². The molecule has 1 saturated heterocycles. The van der Waals surface area contributed by atoms with E-state index in [0.29, 0.717) is 42.2 Å². The summed E-state index contributed by atoms with van der Waals surface area (Å²) in [5, 5.41) is 3.29. The van der Waals surface area contributed by atoms with Crippen molar-refractivity contribution in [3.63, 3.8) is 0 Å². The van der Waals surface area contributed by atoms with Crippen molar-refractivity contribution in [1.29, 1.82) is 0 Å². The molecule has 1 aliphatic heterocycles. The van der Waals surface area contributed by atoms with E-state index >= 15 is 0 Å². The fraction of sp³-hybridized carbons (Fsp3) is 0.333. The summed E-state index contributed by atoms with van der Waals surface area (Å²) in [7, 11) is -1.81. The fourth-order valence-corrected chi connectivity index (χ4v) is 6.25. The number of benzene rings is 1. The van der Waals surface area contributed by atoms with Crippen LogP contribution in [0, 0.1) is 13.8 Å². The zero-order chi connectivity index (χ0) is 22.0. The first-order valence-corrected chi connectivity index (χ1v) is 12.2. The number of hydrogen-bond donors (Lipinski definition) is 1. The van der Waals surface area contributed by atoms with Crippen LogP contribution in [-0.2, 0) is 10.0 Å². The molecule has 0 spiro atoms. The SMILES string of the molecule is COc1ccc(Nc2cc(C)nc(N3CCN(S(=O)(=O)c4ccc(C)s4)CC3)n2)cc1. The Hall–Kier alpha value is -2.69. The Morgan fingerprint density at radius 1 is 1.00 bits per heavy atom. The van der Waals surface area contributed by atoms with E-state index in [4.69, 9.17) is 4.74 Å². The van der Waals surface area contributed by atoms with Crippen LogP contribution in [0.25, 0.3) is 0 Å². The zero-order valence-corrected chi connectivity index (χ0v) is 19.3. The summed E-state index contributed by atoms with van der Waals surface area (Å²) in [6.07, 6.45) is 0. The van der Waals surface area contributed by atoms with E-state index in [1.807, 2.05) is 55.1 Å². The van der Waals surface area contributed by atoms with Gasteiger partial charge in [0.2, 0.25) is 5.95 Å². The molecule has 1 N–H and O–H groups in total. The van der Waals surface area contributed by atoms with Crippen LogP contribution in [0.15, 0.2) is 46.7 Å². The zero-order valence-electron chi connectivity index (χ0n) is 17.7. The molecule has 0 radical (unpaired) electrons. The van der Waals surface area contributed by atoms with Crippen molar-refractivity contribution in [2.24, 2.45) is 0 Å². The maximum atomic E-state index is 12.9. The van der Waals surface area contributed by atoms with Crippen molar-refractivity contribution in [2.45, 2.75) is 18.1 Å². The lowest BCUT2D eigenvalue weighted by molar-refractivity contribution is 0.383. The van der Waals surface area contributed by atoms with Gasteiger partial charge in [0.15, 0.2) is 0 Å². The minimum absolute atomic E-state index is 0.399. The molecule has 0 bridgehead atoms. The molecule has 0 aliphatic carbocycles. The highest BCUT2D eigenvalue weighted by molar-refractivity contribution is 7.91. The number of nitrogens with one attached hydrogen (secondary N) is 1. The summed E-state index contributed by atoms with van der Waals surface area (Å²) in [6, 6.07) is 13.0. The van der Waals surface area contributed by atoms with Crippen LogP contribution in [0.2, 0.25) is 0 Å². The van der Waals surface area contributed by atoms with Gasteiger partial charge in [-0.15, -0.1) is 11.3 Å². The number of aromatic nitrogens is 2. The molecule has 4 rings (SSSR count). The van der Waals surface area contributed by atoms with E-state index in [2.05, 4.69) is 15.3 Å². The molecule has 10 heteroatoms. The summed E-state index contributed by atoms with van der Waals surface area (Å²) in [5.74, 6) is 2.08. The molecular weight excluding hydrogens is 434 g/mol. The first-order valence-electron chi connectivity index (χ1n) is 9.93. The number of sulfonamides is 1. The maximum Gasteiger partial charge on any atom is 0.252 e. The predicted molar refractivity (Wildman–Crippen MR) is 123 cm³/mol. The molecule has 2 aromatic heterocycles. The van der Waals surface area contributed by atoms with E-state index < -0.39 is 10.0 Å². The molecule has 3 aromatic rings. The Balaban J connectivity index is 1.45. The van der Waals surface area contributed by atoms with Gasteiger partial charge in [-0.05, 0) is 50.2 Å². The number of aryl methyl sites for hydroxylation is 2. The summed E-state index contributed by atoms with van der Waals surface area (Å²) in [6.45, 7) is 5.71. The van der Waals surface area contributed by atoms with Crippen LogP contribution in [0.4, 0.5) is 17.5 Å². The number of hydrogen-bond acceptors (Lipinski definition) is 8. The molecule has 0 saturated carbocycles. The fourth-order valence-electron chi connectivity index (χ4n) is 3.39. The van der Waals surface area contributed by atoms with E-state index in [0.717, 1.165) is 22.0 Å². The lowest BCUT2D eigenvalue weighted by Gasteiger charge is -2.33. The molecule has 3 heterocycles. The maximum absolute atomic E-state index is 12.9. The van der Waals surface area contributed by atoms with Gasteiger partial charge in [-0.25, -0.2) is 13.4 Å². The van der Waals surface area contributed by atoms with Crippen LogP contribution in [-0.4, -0.2) is 56.0 Å². The normalized spacial score (nSPS) is 15.1. The van der Waals surface area contributed by atoms with Gasteiger partial charge in [0.05, 0.1) is 7.11 Å². The second-order valence-electron chi connectivity index (χ2n) is 7.30. The lowest BCUT2D eigenvalue weighted by atomic mass is 10.3. The summed E-state index contributed by atoms with van der Waals surface area (Å²) in [4.78, 5) is 12.2. The standard InChI is InChI=1S/C21H25N5O3S2/c1-15-14-19(23-17-5-7-18(29-3)8-6-17)24-21(22-15)25-10-12-26(13-11-25)31(27,28)20-9-4-16(2)30-20/h4-9,14H,10-13H2,1-3H3,(H,22,23,24). The molecule has 0 unspecified atom stereocenters. The van der Waals surface area contributed by atoms with Gasteiger partial charge < -0.3 is 15.0 Å². The van der Waals surface area contributed by atoms with E-state index in [-0.39, 0.29) is 0 Å². The average Bonchev–Trinajstić information content (AvgIpc) is 3.21. The van der Waals surface area contributed by atoms with E-state index in [1.54, 1.807) is 17.5 Å². The number of methoxy groups -OCH3 is 1. The van der Waals surface area contributed by atoms with Crippen LogP contribution in [0.3, 0.4) is 0 Å². The van der Waals surface area contributed by atoms with E-state index in [1.165, 1.54) is 11.3 Å². The van der Waals surface area contributed by atoms with Crippen molar-refractivity contribution in [1.82, 2.24) is 14.3 Å². The molecule has 0 atom stereocenters. The van der Waals surface area contributed by atoms with Gasteiger partial charge in [0.25, 0.3) is 10.0 Å². The molecule has 1 aromatic carbocycles. The average molecular weight is 460 g/mol. The monoisotopic (exact) mass is 459 g/mol. The molecule has 0 amide bonds. The first-order chi connectivity index (χ1) is 14.8. The Labute approximate surface area is 186 Å². The quantitative estimate of drug-likeness (QED) is 0.604. The third-order valence-electron chi connectivity index (χ3n) is 5.04. The molecular formula is C21H25N5O3S2. The Morgan fingerprint density at radius 3 is 2.32 bits per heavy atom. The number of ether oxygens (including phenoxy) is 1. The summed E-state index contributed by atoms with van der Waals surface area (Å²) in [5.41, 5.74) is 1.73. The first kappa shape index (κ1) is 21.5. The Bertz CT molecular complexity index is 1150. The van der Waals surface area contributed by atoms with Gasteiger partial charge in [-0.2, -0.15) is 9.29 Å². The predicted octanol–water partition coefficient (Wildman–Crippen LogP) is 3.42. The smallest absolute Gasteiger partial charge is 0.252 e. The highest BCUT2D eigenvalue weighted by atomic mass is 32.2. The van der Waals surface area contributed by atoms with Crippen molar-refractivity contribution in [2.75, 3.05) is 43.5 Å². The highest BCUT2D eigenvalue weighted by Gasteiger charge is 2.30. The molecule has 164 valence electrons. The van der Waals surface area contributed by atoms with Gasteiger partial charge >= 0.3 is 0 Å². The molecule has 1 aliphatic rings. The summed E-state index contributed by atoms with van der Waals surface area (Å²) >= 11 is 1.31. The van der Waals surface area contributed by atoms with Gasteiger partial charge in [0.1, 0.15) is 15.8 Å². The minimum atomic E-state index is -3.45. The molecule has 31 heavy (non-hydrogen) atoms. The van der Waals surface area contributed by atoms with Crippen molar-refractivity contribution in [3.05, 3.63) is 53.0 Å². The second kappa shape index (κ2) is 8.81. The number of thiophene rings is 1.